The van der Waals surface area contributed by atoms with Gasteiger partial charge in [0, 0.05) is 37.8 Å². The first-order chi connectivity index (χ1) is 12.2. The molecule has 1 saturated heterocycles. The molecule has 1 aliphatic rings. The normalized spacial score (nSPS) is 17.2. The molecule has 1 fully saturated rings. The molecule has 0 radical (unpaired) electrons. The number of hydrogen-bond acceptors (Lipinski definition) is 2. The van der Waals surface area contributed by atoms with Crippen molar-refractivity contribution < 1.29 is 4.79 Å². The first-order valence-corrected chi connectivity index (χ1v) is 9.34. The maximum atomic E-state index is 12.2. The Morgan fingerprint density at radius 2 is 1.60 bits per heavy atom. The van der Waals surface area contributed by atoms with Crippen LogP contribution in [0.15, 0.2) is 60.7 Å². The van der Waals surface area contributed by atoms with Crippen molar-refractivity contribution in [3.63, 3.8) is 0 Å². The Morgan fingerprint density at radius 1 is 1.04 bits per heavy atom. The number of nitrogens with zero attached hydrogens (tertiary/aromatic N) is 2. The fourth-order valence-electron chi connectivity index (χ4n) is 4.07. The summed E-state index contributed by atoms with van der Waals surface area (Å²) in [5.74, 6) is 0.139. The van der Waals surface area contributed by atoms with Crippen molar-refractivity contribution in [3.05, 3.63) is 66.2 Å². The summed E-state index contributed by atoms with van der Waals surface area (Å²) in [5.41, 5.74) is 2.42. The first-order valence-electron chi connectivity index (χ1n) is 9.34. The zero-order chi connectivity index (χ0) is 17.6. The van der Waals surface area contributed by atoms with Crippen LogP contribution in [0.1, 0.15) is 44.7 Å². The molecular formula is C22H28N2O. The maximum Gasteiger partial charge on any atom is 0.224 e. The van der Waals surface area contributed by atoms with E-state index in [4.69, 9.17) is 0 Å². The number of rotatable bonds is 5. The van der Waals surface area contributed by atoms with Gasteiger partial charge in [0.25, 0.3) is 0 Å². The molecule has 25 heavy (non-hydrogen) atoms. The van der Waals surface area contributed by atoms with E-state index in [1.54, 1.807) is 6.92 Å². The second-order valence-corrected chi connectivity index (χ2v) is 6.83. The number of hydrogen-bond donors (Lipinski definition) is 0. The molecular weight excluding hydrogens is 308 g/mol. The summed E-state index contributed by atoms with van der Waals surface area (Å²) in [5, 5.41) is 0. The highest BCUT2D eigenvalue weighted by Crippen LogP contribution is 2.30. The zero-order valence-electron chi connectivity index (χ0n) is 15.3. The summed E-state index contributed by atoms with van der Waals surface area (Å²) >= 11 is 0. The highest BCUT2D eigenvalue weighted by atomic mass is 16.2. The summed E-state index contributed by atoms with van der Waals surface area (Å²) in [6.45, 7) is 6.01. The van der Waals surface area contributed by atoms with Gasteiger partial charge in [-0.15, -0.1) is 0 Å². The van der Waals surface area contributed by atoms with Gasteiger partial charge in [-0.05, 0) is 37.0 Å². The molecule has 1 atom stereocenters. The number of amides is 1. The number of likely N-dealkylation sites (tertiary alicyclic amines) is 1. The predicted molar refractivity (Wildman–Crippen MR) is 104 cm³/mol. The van der Waals surface area contributed by atoms with E-state index in [9.17, 15) is 4.79 Å². The lowest BCUT2D eigenvalue weighted by molar-refractivity contribution is -0.117. The van der Waals surface area contributed by atoms with Gasteiger partial charge in [0.1, 0.15) is 0 Å². The second-order valence-electron chi connectivity index (χ2n) is 6.83. The van der Waals surface area contributed by atoms with Gasteiger partial charge in [0.05, 0.1) is 0 Å². The van der Waals surface area contributed by atoms with Crippen LogP contribution in [0.2, 0.25) is 0 Å². The Bertz CT molecular complexity index is 663. The van der Waals surface area contributed by atoms with E-state index in [1.165, 1.54) is 5.56 Å². The van der Waals surface area contributed by atoms with Crippen LogP contribution in [-0.4, -0.2) is 29.9 Å². The van der Waals surface area contributed by atoms with Crippen LogP contribution in [0.3, 0.4) is 0 Å². The van der Waals surface area contributed by atoms with Crippen LogP contribution >= 0.6 is 0 Å². The molecule has 3 nitrogen and oxygen atoms in total. The van der Waals surface area contributed by atoms with E-state index in [1.807, 2.05) is 35.2 Å². The number of benzene rings is 2. The largest absolute Gasteiger partial charge is 0.310 e. The maximum absolute atomic E-state index is 12.2. The SMILES string of the molecule is CCC(c1ccccc1)N1CCC(N(C(C)=O)c2ccccc2)CC1. The van der Waals surface area contributed by atoms with Gasteiger partial charge >= 0.3 is 0 Å². The monoisotopic (exact) mass is 336 g/mol. The molecule has 0 saturated carbocycles. The Morgan fingerprint density at radius 3 is 2.12 bits per heavy atom. The predicted octanol–water partition coefficient (Wildman–Crippen LogP) is 4.66. The van der Waals surface area contributed by atoms with Gasteiger partial charge in [0.15, 0.2) is 0 Å². The minimum atomic E-state index is 0.139. The van der Waals surface area contributed by atoms with Crippen molar-refractivity contribution in [3.8, 4) is 0 Å². The Hall–Kier alpha value is -2.13. The molecule has 3 heteroatoms. The van der Waals surface area contributed by atoms with Crippen LogP contribution in [0.25, 0.3) is 0 Å². The summed E-state index contributed by atoms with van der Waals surface area (Å²) in [7, 11) is 0. The average Bonchev–Trinajstić information content (AvgIpc) is 2.65. The van der Waals surface area contributed by atoms with E-state index < -0.39 is 0 Å². The standard InChI is InChI=1S/C22H28N2O/c1-3-22(19-10-6-4-7-11-19)23-16-14-21(15-17-23)24(18(2)25)20-12-8-5-9-13-20/h4-13,21-22H,3,14-17H2,1-2H3. The molecule has 0 aromatic heterocycles. The lowest BCUT2D eigenvalue weighted by Gasteiger charge is -2.41. The molecule has 1 unspecified atom stereocenters. The third-order valence-electron chi connectivity index (χ3n) is 5.25. The van der Waals surface area contributed by atoms with Gasteiger partial charge in [-0.3, -0.25) is 9.69 Å². The number of carbonyl (C=O) groups excluding carboxylic acids is 1. The molecule has 0 aliphatic carbocycles. The summed E-state index contributed by atoms with van der Waals surface area (Å²) in [4.78, 5) is 16.8. The van der Waals surface area contributed by atoms with Crippen molar-refractivity contribution in [1.29, 1.82) is 0 Å². The minimum Gasteiger partial charge on any atom is -0.310 e. The van der Waals surface area contributed by atoms with Crippen molar-refractivity contribution >= 4 is 11.6 Å². The fourth-order valence-corrected chi connectivity index (χ4v) is 4.07. The third kappa shape index (κ3) is 4.10. The zero-order valence-corrected chi connectivity index (χ0v) is 15.3. The van der Waals surface area contributed by atoms with Crippen molar-refractivity contribution in [2.75, 3.05) is 18.0 Å². The van der Waals surface area contributed by atoms with Gasteiger partial charge in [0.2, 0.25) is 5.91 Å². The van der Waals surface area contributed by atoms with E-state index in [-0.39, 0.29) is 5.91 Å². The second kappa shape index (κ2) is 8.30. The van der Waals surface area contributed by atoms with Gasteiger partial charge < -0.3 is 4.90 Å². The van der Waals surface area contributed by atoms with Crippen molar-refractivity contribution in [2.45, 2.75) is 45.2 Å². The molecule has 132 valence electrons. The minimum absolute atomic E-state index is 0.139. The summed E-state index contributed by atoms with van der Waals surface area (Å²) in [6.07, 6.45) is 3.17. The molecule has 0 N–H and O–H groups in total. The van der Waals surface area contributed by atoms with Crippen LogP contribution in [0.4, 0.5) is 5.69 Å². The van der Waals surface area contributed by atoms with Crippen LogP contribution in [0.5, 0.6) is 0 Å². The topological polar surface area (TPSA) is 23.6 Å². The lowest BCUT2D eigenvalue weighted by atomic mass is 9.96. The molecule has 0 spiro atoms. The van der Waals surface area contributed by atoms with E-state index >= 15 is 0 Å². The molecule has 1 heterocycles. The van der Waals surface area contributed by atoms with Crippen molar-refractivity contribution in [2.24, 2.45) is 0 Å². The molecule has 1 aliphatic heterocycles. The Labute approximate surface area is 151 Å². The molecule has 2 aromatic rings. The van der Waals surface area contributed by atoms with Gasteiger partial charge in [-0.25, -0.2) is 0 Å². The molecule has 0 bridgehead atoms. The van der Waals surface area contributed by atoms with Crippen molar-refractivity contribution in [1.82, 2.24) is 4.90 Å². The summed E-state index contributed by atoms with van der Waals surface area (Å²) in [6, 6.07) is 21.6. The number of anilines is 1. The molecule has 2 aromatic carbocycles. The van der Waals surface area contributed by atoms with Crippen LogP contribution < -0.4 is 4.90 Å². The van der Waals surface area contributed by atoms with E-state index in [2.05, 4.69) is 42.2 Å². The third-order valence-corrected chi connectivity index (χ3v) is 5.25. The fraction of sp³-hybridized carbons (Fsp3) is 0.409. The van der Waals surface area contributed by atoms with E-state index in [0.29, 0.717) is 12.1 Å². The Balaban J connectivity index is 1.69. The number of carbonyl (C=O) groups is 1. The highest BCUT2D eigenvalue weighted by molar-refractivity contribution is 5.92. The average molecular weight is 336 g/mol. The quantitative estimate of drug-likeness (QED) is 0.793. The Kier molecular flexibility index (Phi) is 5.87. The first kappa shape index (κ1) is 17.7. The van der Waals surface area contributed by atoms with Crippen LogP contribution in [0, 0.1) is 0 Å². The molecule has 1 amide bonds. The number of para-hydroxylation sites is 1. The van der Waals surface area contributed by atoms with Gasteiger partial charge in [-0.1, -0.05) is 55.5 Å². The smallest absolute Gasteiger partial charge is 0.224 e. The summed E-state index contributed by atoms with van der Waals surface area (Å²) < 4.78 is 0. The molecule has 3 rings (SSSR count). The van der Waals surface area contributed by atoms with Gasteiger partial charge in [-0.2, -0.15) is 0 Å². The number of piperidine rings is 1. The highest BCUT2D eigenvalue weighted by Gasteiger charge is 2.30. The van der Waals surface area contributed by atoms with Crippen LogP contribution in [-0.2, 0) is 4.79 Å². The van der Waals surface area contributed by atoms with E-state index in [0.717, 1.165) is 38.0 Å². The lowest BCUT2D eigenvalue weighted by Crippen LogP contribution is -2.47.